The number of alkyl halides is 2. The van der Waals surface area contributed by atoms with E-state index >= 15 is 8.78 Å². The number of methoxy groups -OCH3 is 4. The summed E-state index contributed by atoms with van der Waals surface area (Å²) in [4.78, 5) is 31.4. The minimum Gasteiger partial charge on any atom is -0.376 e. The van der Waals surface area contributed by atoms with Gasteiger partial charge < -0.3 is 48.9 Å². The summed E-state index contributed by atoms with van der Waals surface area (Å²) in [5.41, 5.74) is 10.5. The van der Waals surface area contributed by atoms with E-state index in [1.165, 1.54) is 39.2 Å². The molecule has 0 saturated carbocycles. The number of halogens is 2. The normalized spacial score (nSPS) is 40.7. The van der Waals surface area contributed by atoms with Crippen LogP contribution in [0.2, 0.25) is 0 Å². The fraction of sp³-hybridized carbons (Fsp3) is 0.680. The highest BCUT2D eigenvalue weighted by atomic mass is 32.1. The van der Waals surface area contributed by atoms with E-state index in [0.717, 1.165) is 22.7 Å². The third-order valence-electron chi connectivity index (χ3n) is 8.63. The first-order valence-corrected chi connectivity index (χ1v) is 24.1. The lowest BCUT2D eigenvalue weighted by molar-refractivity contribution is -0.0396. The van der Waals surface area contributed by atoms with Gasteiger partial charge in [-0.3, -0.25) is 27.8 Å². The number of hydrogen-bond donors (Lipinski definition) is 2. The number of primary amides is 2. The number of hydrogen-bond acceptors (Lipinski definition) is 20. The zero-order chi connectivity index (χ0) is 38.7. The summed E-state index contributed by atoms with van der Waals surface area (Å²) in [6.45, 7) is -1.64. The highest BCUT2D eigenvalue weighted by Crippen LogP contribution is 2.97. The summed E-state index contributed by atoms with van der Waals surface area (Å²) in [5, 5.41) is -1.68. The minimum atomic E-state index is -5.93. The van der Waals surface area contributed by atoms with Gasteiger partial charge in [-0.05, 0) is 0 Å². The molecule has 0 spiro atoms. The van der Waals surface area contributed by atoms with Crippen LogP contribution in [0.15, 0.2) is 10.8 Å². The largest absolute Gasteiger partial charge is 0.419 e. The number of carbonyl (C=O) groups is 2. The molecule has 0 radical (unpaired) electrons. The number of fused-ring (bicyclic) bond motifs is 2. The van der Waals surface area contributed by atoms with E-state index in [1.807, 2.05) is 0 Å². The van der Waals surface area contributed by atoms with Crippen LogP contribution in [0.4, 0.5) is 8.78 Å². The lowest BCUT2D eigenvalue weighted by atomic mass is 10.1. The van der Waals surface area contributed by atoms with Gasteiger partial charge in [0.05, 0.1) is 13.2 Å². The summed E-state index contributed by atoms with van der Waals surface area (Å²) in [6, 6.07) is 0. The summed E-state index contributed by atoms with van der Waals surface area (Å²) in [5.74, 6) is -4.16. The summed E-state index contributed by atoms with van der Waals surface area (Å²) >= 11 is 2.03. The van der Waals surface area contributed by atoms with Crippen molar-refractivity contribution in [2.45, 2.75) is 54.2 Å². The highest BCUT2D eigenvalue weighted by molar-refractivity contribution is 7.97. The number of aromatic nitrogens is 2. The smallest absolute Gasteiger partial charge is 0.376 e. The molecule has 2 aromatic rings. The Balaban J connectivity index is 1.17. The van der Waals surface area contributed by atoms with Crippen LogP contribution in [-0.4, -0.2) is 117 Å². The lowest BCUT2D eigenvalue weighted by Gasteiger charge is -2.44. The van der Waals surface area contributed by atoms with Crippen LogP contribution in [0.5, 0.6) is 0 Å². The van der Waals surface area contributed by atoms with Gasteiger partial charge in [0.2, 0.25) is 7.37 Å². The first-order valence-electron chi connectivity index (χ1n) is 15.2. The van der Waals surface area contributed by atoms with E-state index in [-0.39, 0.29) is 21.4 Å². The third kappa shape index (κ3) is 7.45. The first kappa shape index (κ1) is 41.2. The Morgan fingerprint density at radius 3 is 1.64 bits per heavy atom. The molecule has 296 valence electrons. The number of nitrogens with two attached hydrogens (primary N) is 2. The van der Waals surface area contributed by atoms with Crippen molar-refractivity contribution < 1.29 is 82.7 Å². The molecule has 4 aliphatic rings. The summed E-state index contributed by atoms with van der Waals surface area (Å²) < 4.78 is 142. The van der Waals surface area contributed by atoms with Crippen molar-refractivity contribution >= 4 is 64.4 Å². The molecule has 28 heteroatoms. The van der Waals surface area contributed by atoms with Crippen molar-refractivity contribution in [2.24, 2.45) is 11.5 Å². The molecule has 4 fully saturated rings. The minimum absolute atomic E-state index is 0.0335. The molecule has 53 heavy (non-hydrogen) atoms. The van der Waals surface area contributed by atoms with Crippen molar-refractivity contribution in [2.75, 3.05) is 53.5 Å². The van der Waals surface area contributed by atoms with Gasteiger partial charge in [-0.2, -0.15) is 8.78 Å². The van der Waals surface area contributed by atoms with Gasteiger partial charge in [0.1, 0.15) is 82.0 Å². The number of thiazole rings is 2. The fourth-order valence-electron chi connectivity index (χ4n) is 6.26. The van der Waals surface area contributed by atoms with Crippen molar-refractivity contribution in [1.82, 2.24) is 9.97 Å². The molecule has 12 atom stereocenters. The van der Waals surface area contributed by atoms with E-state index in [1.54, 1.807) is 0 Å². The second-order valence-electron chi connectivity index (χ2n) is 12.0. The molecule has 4 aliphatic heterocycles. The van der Waals surface area contributed by atoms with Crippen LogP contribution < -0.4 is 11.5 Å². The number of rotatable bonds is 14. The van der Waals surface area contributed by atoms with Crippen molar-refractivity contribution in [3.8, 4) is 0 Å². The molecule has 6 heterocycles. The molecule has 2 bridgehead atoms. The monoisotopic (exact) mass is 872 g/mol. The van der Waals surface area contributed by atoms with Crippen molar-refractivity contribution in [3.05, 3.63) is 32.2 Å². The van der Waals surface area contributed by atoms with Gasteiger partial charge >= 0.3 is 20.6 Å². The SMILES string of the molecule is COC1[C@@H](OC)[C@@H](COP2(=O)CP3(=O)CP(=O)(O2)C(F)(F)P(=O)(OC[C@H]2O[C@@H](c4nc(C(N)=O)cs4)C(OC)[C@H]2OC)O3)O[C@H]1c1nc(C(N)=O)cs1. The van der Waals surface area contributed by atoms with E-state index in [4.69, 9.17) is 57.6 Å². The Labute approximate surface area is 307 Å². The third-order valence-corrected chi connectivity index (χ3v) is 25.0. The molecular formula is C25H34F2N4O16P4S2. The summed E-state index contributed by atoms with van der Waals surface area (Å²) in [6.07, 6.45) is -8.14. The average molecular weight is 873 g/mol. The van der Waals surface area contributed by atoms with Gasteiger partial charge in [-0.15, -0.1) is 22.7 Å². The predicted molar refractivity (Wildman–Crippen MR) is 179 cm³/mol. The average Bonchev–Trinajstić information content (AvgIpc) is 3.88. The zero-order valence-corrected chi connectivity index (χ0v) is 33.3. The van der Waals surface area contributed by atoms with Gasteiger partial charge in [-0.25, -0.2) is 18.6 Å². The standard InChI is InChI=1S/C25H34F2N4O16P4S2/c1-38-15-13(44-19(17(15)40-3)23-30-11(7-52-23)21(28)32)5-42-50(36)10-48(34)9-49(35,47-50)25(26,27)51(37,46-48)43-6-14-16(39-2)18(41-4)20(45-14)24-31-12(8-53-24)22(29)33/h7-8,13-20H,5-6,9-10H2,1-4H3,(H2,28,32)(H2,29,33)/t13-,14-,15+,16+,17?,18?,19-,20-,48?,49?,50?,51?/m1/s1. The van der Waals surface area contributed by atoms with E-state index in [9.17, 15) is 27.8 Å². The van der Waals surface area contributed by atoms with Gasteiger partial charge in [0.25, 0.3) is 19.2 Å². The van der Waals surface area contributed by atoms with Crippen LogP contribution in [0.25, 0.3) is 0 Å². The maximum absolute atomic E-state index is 16.0. The molecule has 6 unspecified atom stereocenters. The first-order chi connectivity index (χ1) is 24.9. The van der Waals surface area contributed by atoms with Crippen LogP contribution in [-0.2, 0) is 64.4 Å². The Hall–Kier alpha value is -1.42. The number of nitrogens with zero attached hydrogens (tertiary/aromatic N) is 2. The molecule has 0 aromatic carbocycles. The van der Waals surface area contributed by atoms with Crippen molar-refractivity contribution in [1.29, 1.82) is 0 Å². The molecule has 2 aromatic heterocycles. The van der Waals surface area contributed by atoms with Crippen molar-refractivity contribution in [3.63, 3.8) is 0 Å². The molecule has 0 aliphatic carbocycles. The second-order valence-corrected chi connectivity index (χ2v) is 24.5. The van der Waals surface area contributed by atoms with Gasteiger partial charge in [0.15, 0.2) is 0 Å². The predicted octanol–water partition coefficient (Wildman–Crippen LogP) is 3.94. The van der Waals surface area contributed by atoms with Crippen LogP contribution in [0.1, 0.15) is 43.2 Å². The number of carbonyl (C=O) groups excluding carboxylic acids is 2. The number of ether oxygens (including phenoxy) is 6. The second kappa shape index (κ2) is 15.2. The Morgan fingerprint density at radius 1 is 0.774 bits per heavy atom. The fourth-order valence-corrected chi connectivity index (χ4v) is 25.3. The summed E-state index contributed by atoms with van der Waals surface area (Å²) in [7, 11) is -16.1. The van der Waals surface area contributed by atoms with Gasteiger partial charge in [0, 0.05) is 39.2 Å². The lowest BCUT2D eigenvalue weighted by Crippen LogP contribution is -2.38. The molecule has 4 saturated heterocycles. The topological polar surface area (TPSA) is 273 Å². The maximum atomic E-state index is 16.0. The van der Waals surface area contributed by atoms with Crippen LogP contribution in [0.3, 0.4) is 0 Å². The van der Waals surface area contributed by atoms with Gasteiger partial charge in [-0.1, -0.05) is 0 Å². The Bertz CT molecular complexity index is 1940. The molecule has 6 rings (SSSR count). The quantitative estimate of drug-likeness (QED) is 0.254. The zero-order valence-electron chi connectivity index (χ0n) is 28.0. The van der Waals surface area contributed by atoms with Crippen LogP contribution in [0, 0.1) is 0 Å². The Kier molecular flexibility index (Phi) is 11.8. The molecular weight excluding hydrogens is 838 g/mol. The molecule has 20 nitrogen and oxygen atoms in total. The maximum Gasteiger partial charge on any atom is 0.419 e. The molecule has 2 amide bonds. The van der Waals surface area contributed by atoms with E-state index < -0.39 is 121 Å². The Morgan fingerprint density at radius 2 is 1.23 bits per heavy atom. The van der Waals surface area contributed by atoms with E-state index in [0.29, 0.717) is 0 Å². The number of amides is 2. The van der Waals surface area contributed by atoms with Crippen LogP contribution >= 0.6 is 52.6 Å². The molecule has 4 N–H and O–H groups in total. The van der Waals surface area contributed by atoms with E-state index in [2.05, 4.69) is 9.97 Å². The highest BCUT2D eigenvalue weighted by Gasteiger charge is 2.78.